The van der Waals surface area contributed by atoms with Crippen molar-refractivity contribution in [3.8, 4) is 11.5 Å². The molecule has 1 aliphatic heterocycles. The second kappa shape index (κ2) is 5.36. The van der Waals surface area contributed by atoms with Crippen LogP contribution in [0.4, 0.5) is 0 Å². The normalized spacial score (nSPS) is 16.9. The van der Waals surface area contributed by atoms with Gasteiger partial charge < -0.3 is 14.0 Å². The first-order valence-electron chi connectivity index (χ1n) is 6.70. The molecular weight excluding hydrogens is 256 g/mol. The number of aryl methyl sites for hydroxylation is 1. The molecule has 104 valence electrons. The molecule has 1 atom stereocenters. The maximum atomic E-state index is 12.2. The number of carbonyl (C=O) groups excluding carboxylic acids is 1. The number of hydrogen-bond acceptors (Lipinski definition) is 4. The highest BCUT2D eigenvalue weighted by Gasteiger charge is 2.25. The van der Waals surface area contributed by atoms with E-state index in [9.17, 15) is 4.79 Å². The van der Waals surface area contributed by atoms with Crippen LogP contribution in [0.5, 0.6) is 11.5 Å². The van der Waals surface area contributed by atoms with Gasteiger partial charge in [-0.2, -0.15) is 0 Å². The minimum Gasteiger partial charge on any atom is -0.486 e. The molecule has 2 heterocycles. The number of hydrogen-bond donors (Lipinski definition) is 0. The molecule has 1 aromatic carbocycles. The van der Waals surface area contributed by atoms with Gasteiger partial charge in [-0.15, -0.1) is 0 Å². The minimum absolute atomic E-state index is 0.0233. The van der Waals surface area contributed by atoms with Gasteiger partial charge in [-0.1, -0.05) is 12.1 Å². The van der Waals surface area contributed by atoms with E-state index in [0.29, 0.717) is 18.2 Å². The third-order valence-electron chi connectivity index (χ3n) is 3.29. The maximum absolute atomic E-state index is 12.2. The zero-order valence-electron chi connectivity index (χ0n) is 11.3. The molecule has 2 aromatic rings. The first-order chi connectivity index (χ1) is 9.78. The van der Waals surface area contributed by atoms with E-state index in [-0.39, 0.29) is 18.3 Å². The molecule has 1 aromatic heterocycles. The fourth-order valence-electron chi connectivity index (χ4n) is 2.28. The zero-order valence-corrected chi connectivity index (χ0v) is 11.3. The first-order valence-corrected chi connectivity index (χ1v) is 6.70. The van der Waals surface area contributed by atoms with Crippen LogP contribution in [0.25, 0.3) is 0 Å². The van der Waals surface area contributed by atoms with Crippen molar-refractivity contribution in [2.24, 2.45) is 0 Å². The molecule has 0 aliphatic carbocycles. The largest absolute Gasteiger partial charge is 0.486 e. The summed E-state index contributed by atoms with van der Waals surface area (Å²) < 4.78 is 13.2. The SMILES string of the molecule is CCn1ccnc1C(=O)CC1COc2ccccc2O1. The number of rotatable bonds is 4. The molecule has 1 aliphatic rings. The molecule has 0 saturated heterocycles. The Morgan fingerprint density at radius 2 is 2.20 bits per heavy atom. The van der Waals surface area contributed by atoms with Gasteiger partial charge in [0.05, 0.1) is 6.42 Å². The summed E-state index contributed by atoms with van der Waals surface area (Å²) in [7, 11) is 0. The summed E-state index contributed by atoms with van der Waals surface area (Å²) in [6.45, 7) is 3.09. The average molecular weight is 272 g/mol. The Balaban J connectivity index is 1.69. The predicted octanol–water partition coefficient (Wildman–Crippen LogP) is 2.32. The lowest BCUT2D eigenvalue weighted by Crippen LogP contribution is -2.32. The van der Waals surface area contributed by atoms with Crippen molar-refractivity contribution in [2.45, 2.75) is 26.0 Å². The molecule has 0 fully saturated rings. The topological polar surface area (TPSA) is 53.4 Å². The van der Waals surface area contributed by atoms with Crippen molar-refractivity contribution in [1.82, 2.24) is 9.55 Å². The molecular formula is C15H16N2O3. The second-order valence-electron chi connectivity index (χ2n) is 4.66. The number of fused-ring (bicyclic) bond motifs is 1. The smallest absolute Gasteiger partial charge is 0.202 e. The van der Waals surface area contributed by atoms with E-state index in [0.717, 1.165) is 12.3 Å². The lowest BCUT2D eigenvalue weighted by molar-refractivity contribution is 0.0685. The number of nitrogens with zero attached hydrogens (tertiary/aromatic N) is 2. The summed E-state index contributed by atoms with van der Waals surface area (Å²) in [6, 6.07) is 7.48. The number of para-hydroxylation sites is 2. The number of ketones is 1. The van der Waals surface area contributed by atoms with Gasteiger partial charge in [0.1, 0.15) is 12.7 Å². The van der Waals surface area contributed by atoms with Crippen LogP contribution in [0.2, 0.25) is 0 Å². The number of aromatic nitrogens is 2. The summed E-state index contributed by atoms with van der Waals surface area (Å²) >= 11 is 0. The highest BCUT2D eigenvalue weighted by molar-refractivity contribution is 5.93. The van der Waals surface area contributed by atoms with Crippen LogP contribution in [-0.4, -0.2) is 28.0 Å². The van der Waals surface area contributed by atoms with Gasteiger partial charge in [-0.3, -0.25) is 4.79 Å². The van der Waals surface area contributed by atoms with Gasteiger partial charge >= 0.3 is 0 Å². The van der Waals surface area contributed by atoms with Gasteiger partial charge in [-0.25, -0.2) is 4.98 Å². The molecule has 0 radical (unpaired) electrons. The van der Waals surface area contributed by atoms with E-state index in [4.69, 9.17) is 9.47 Å². The van der Waals surface area contributed by atoms with E-state index in [2.05, 4.69) is 4.98 Å². The Morgan fingerprint density at radius 3 is 3.00 bits per heavy atom. The number of carbonyl (C=O) groups is 1. The number of imidazole rings is 1. The molecule has 0 bridgehead atoms. The fourth-order valence-corrected chi connectivity index (χ4v) is 2.28. The summed E-state index contributed by atoms with van der Waals surface area (Å²) in [5, 5.41) is 0. The first kappa shape index (κ1) is 12.7. The maximum Gasteiger partial charge on any atom is 0.202 e. The molecule has 0 N–H and O–H groups in total. The second-order valence-corrected chi connectivity index (χ2v) is 4.66. The molecule has 5 heteroatoms. The molecule has 5 nitrogen and oxygen atoms in total. The van der Waals surface area contributed by atoms with Crippen molar-refractivity contribution in [3.05, 3.63) is 42.5 Å². The lowest BCUT2D eigenvalue weighted by atomic mass is 10.1. The van der Waals surface area contributed by atoms with E-state index < -0.39 is 0 Å². The number of Topliss-reactive ketones (excluding diaryl/α,β-unsaturated/α-hetero) is 1. The van der Waals surface area contributed by atoms with Crippen LogP contribution >= 0.6 is 0 Å². The Hall–Kier alpha value is -2.30. The lowest BCUT2D eigenvalue weighted by Gasteiger charge is -2.25. The molecule has 20 heavy (non-hydrogen) atoms. The summed E-state index contributed by atoms with van der Waals surface area (Å²) in [6.07, 6.45) is 3.45. The van der Waals surface area contributed by atoms with Crippen molar-refractivity contribution in [3.63, 3.8) is 0 Å². The summed E-state index contributed by atoms with van der Waals surface area (Å²) in [5.41, 5.74) is 0. The third-order valence-corrected chi connectivity index (χ3v) is 3.29. The predicted molar refractivity (Wildman–Crippen MR) is 73.2 cm³/mol. The number of ether oxygens (including phenoxy) is 2. The van der Waals surface area contributed by atoms with E-state index in [1.165, 1.54) is 0 Å². The summed E-state index contributed by atoms with van der Waals surface area (Å²) in [4.78, 5) is 16.4. The van der Waals surface area contributed by atoms with Gasteiger partial charge in [0.15, 0.2) is 17.3 Å². The van der Waals surface area contributed by atoms with Crippen LogP contribution in [0.15, 0.2) is 36.7 Å². The van der Waals surface area contributed by atoms with Gasteiger partial charge in [0.25, 0.3) is 0 Å². The quantitative estimate of drug-likeness (QED) is 0.801. The molecule has 0 amide bonds. The Labute approximate surface area is 117 Å². The monoisotopic (exact) mass is 272 g/mol. The van der Waals surface area contributed by atoms with E-state index in [1.54, 1.807) is 12.4 Å². The highest BCUT2D eigenvalue weighted by atomic mass is 16.6. The van der Waals surface area contributed by atoms with Crippen LogP contribution in [-0.2, 0) is 6.54 Å². The Bertz CT molecular complexity index is 621. The fraction of sp³-hybridized carbons (Fsp3) is 0.333. The highest BCUT2D eigenvalue weighted by Crippen LogP contribution is 2.31. The number of benzene rings is 1. The molecule has 0 spiro atoms. The Morgan fingerprint density at radius 1 is 1.40 bits per heavy atom. The van der Waals surface area contributed by atoms with Crippen molar-refractivity contribution in [2.75, 3.05) is 6.61 Å². The molecule has 3 rings (SSSR count). The summed E-state index contributed by atoms with van der Waals surface area (Å²) in [5.74, 6) is 1.88. The zero-order chi connectivity index (χ0) is 13.9. The van der Waals surface area contributed by atoms with Crippen molar-refractivity contribution in [1.29, 1.82) is 0 Å². The van der Waals surface area contributed by atoms with Crippen molar-refractivity contribution < 1.29 is 14.3 Å². The van der Waals surface area contributed by atoms with E-state index in [1.807, 2.05) is 35.8 Å². The van der Waals surface area contributed by atoms with E-state index >= 15 is 0 Å². The van der Waals surface area contributed by atoms with Crippen LogP contribution in [0.3, 0.4) is 0 Å². The standard InChI is InChI=1S/C15H16N2O3/c1-2-17-8-7-16-15(17)12(18)9-11-10-19-13-5-3-4-6-14(13)20-11/h3-8,11H,2,9-10H2,1H3. The van der Waals surface area contributed by atoms with Crippen LogP contribution < -0.4 is 9.47 Å². The van der Waals surface area contributed by atoms with Crippen LogP contribution in [0.1, 0.15) is 24.0 Å². The van der Waals surface area contributed by atoms with Gasteiger partial charge in [0.2, 0.25) is 5.78 Å². The molecule has 0 saturated carbocycles. The minimum atomic E-state index is -0.264. The Kier molecular flexibility index (Phi) is 3.41. The van der Waals surface area contributed by atoms with Gasteiger partial charge in [0, 0.05) is 18.9 Å². The molecule has 1 unspecified atom stereocenters. The average Bonchev–Trinajstić information content (AvgIpc) is 2.95. The van der Waals surface area contributed by atoms with Gasteiger partial charge in [-0.05, 0) is 19.1 Å². The van der Waals surface area contributed by atoms with Crippen LogP contribution in [0, 0.1) is 0 Å². The van der Waals surface area contributed by atoms with Crippen molar-refractivity contribution >= 4 is 5.78 Å². The third kappa shape index (κ3) is 2.39.